The van der Waals surface area contributed by atoms with E-state index in [1.54, 1.807) is 11.3 Å². The maximum Gasteiger partial charge on any atom is 0.150 e. The Hall–Kier alpha value is -1.13. The summed E-state index contributed by atoms with van der Waals surface area (Å²) in [6, 6.07) is 4.22. The van der Waals surface area contributed by atoms with Gasteiger partial charge in [-0.15, -0.1) is 11.3 Å². The van der Waals surface area contributed by atoms with Gasteiger partial charge in [-0.1, -0.05) is 0 Å². The Morgan fingerprint density at radius 2 is 2.38 bits per heavy atom. The highest BCUT2D eigenvalue weighted by Crippen LogP contribution is 2.29. The number of hydrogen-bond acceptors (Lipinski definition) is 3. The summed E-state index contributed by atoms with van der Waals surface area (Å²) in [4.78, 5) is 6.97. The van der Waals surface area contributed by atoms with Crippen LogP contribution in [0, 0.1) is 6.92 Å². The normalized spacial score (nSPS) is 19.8. The van der Waals surface area contributed by atoms with Gasteiger partial charge in [-0.3, -0.25) is 0 Å². The molecule has 0 fully saturated rings. The fourth-order valence-corrected chi connectivity index (χ4v) is 3.06. The zero-order chi connectivity index (χ0) is 11.1. The molecule has 1 aliphatic heterocycles. The van der Waals surface area contributed by atoms with Gasteiger partial charge in [0.25, 0.3) is 0 Å². The van der Waals surface area contributed by atoms with Crippen molar-refractivity contribution in [3.63, 3.8) is 0 Å². The zero-order valence-electron chi connectivity index (χ0n) is 9.18. The largest absolute Gasteiger partial charge is 0.391 e. The summed E-state index contributed by atoms with van der Waals surface area (Å²) in [5, 5.41) is 9.71. The Morgan fingerprint density at radius 1 is 1.50 bits per heavy atom. The summed E-state index contributed by atoms with van der Waals surface area (Å²) in [6.07, 6.45) is 3.50. The van der Waals surface area contributed by atoms with Crippen LogP contribution in [0.2, 0.25) is 0 Å². The van der Waals surface area contributed by atoms with Gasteiger partial charge in [-0.05, 0) is 31.9 Å². The van der Waals surface area contributed by atoms with Gasteiger partial charge in [-0.2, -0.15) is 0 Å². The van der Waals surface area contributed by atoms with E-state index in [9.17, 15) is 5.11 Å². The molecule has 2 aromatic rings. The van der Waals surface area contributed by atoms with E-state index < -0.39 is 0 Å². The first-order valence-corrected chi connectivity index (χ1v) is 6.35. The van der Waals surface area contributed by atoms with Gasteiger partial charge in [0.2, 0.25) is 0 Å². The molecule has 0 amide bonds. The lowest BCUT2D eigenvalue weighted by Gasteiger charge is -2.21. The first kappa shape index (κ1) is 10.1. The van der Waals surface area contributed by atoms with Crippen LogP contribution in [0.4, 0.5) is 0 Å². The molecule has 0 saturated carbocycles. The fraction of sp³-hybridized carbons (Fsp3) is 0.417. The highest BCUT2D eigenvalue weighted by molar-refractivity contribution is 7.15. The molecule has 0 bridgehead atoms. The van der Waals surface area contributed by atoms with Gasteiger partial charge < -0.3 is 9.67 Å². The van der Waals surface area contributed by atoms with Crippen LogP contribution in [-0.4, -0.2) is 20.8 Å². The second-order valence-electron chi connectivity index (χ2n) is 4.29. The summed E-state index contributed by atoms with van der Waals surface area (Å²) in [7, 11) is 0. The second kappa shape index (κ2) is 3.71. The van der Waals surface area contributed by atoms with Crippen molar-refractivity contribution in [1.82, 2.24) is 9.55 Å². The number of nitrogens with zero attached hydrogens (tertiary/aromatic N) is 2. The molecule has 1 unspecified atom stereocenters. The van der Waals surface area contributed by atoms with E-state index in [0.717, 1.165) is 18.7 Å². The third-order valence-corrected chi connectivity index (χ3v) is 4.02. The summed E-state index contributed by atoms with van der Waals surface area (Å²) < 4.78 is 2.15. The van der Waals surface area contributed by atoms with Crippen LogP contribution in [0.1, 0.15) is 17.0 Å². The van der Waals surface area contributed by atoms with Crippen molar-refractivity contribution in [3.8, 4) is 10.7 Å². The lowest BCUT2D eigenvalue weighted by Crippen LogP contribution is -2.24. The predicted molar refractivity (Wildman–Crippen MR) is 64.6 cm³/mol. The monoisotopic (exact) mass is 234 g/mol. The van der Waals surface area contributed by atoms with Crippen LogP contribution in [0.5, 0.6) is 0 Å². The molecular formula is C12H14N2OS. The zero-order valence-corrected chi connectivity index (χ0v) is 10.00. The van der Waals surface area contributed by atoms with Crippen molar-refractivity contribution < 1.29 is 5.11 Å². The van der Waals surface area contributed by atoms with Crippen LogP contribution in [0.3, 0.4) is 0 Å². The summed E-state index contributed by atoms with van der Waals surface area (Å²) >= 11 is 1.75. The number of imidazole rings is 1. The maximum atomic E-state index is 9.71. The molecule has 0 spiro atoms. The number of aromatic nitrogens is 2. The smallest absolute Gasteiger partial charge is 0.150 e. The fourth-order valence-electron chi connectivity index (χ4n) is 2.18. The summed E-state index contributed by atoms with van der Waals surface area (Å²) in [5.74, 6) is 1.01. The van der Waals surface area contributed by atoms with Crippen molar-refractivity contribution in [2.24, 2.45) is 0 Å². The standard InChI is InChI=1S/C12H14N2OS/c1-8-2-5-11(16-8)12-13-6-9-3-4-10(15)7-14(9)12/h2,5-6,10,15H,3-4,7H2,1H3. The molecule has 0 radical (unpaired) electrons. The predicted octanol–water partition coefficient (Wildman–Crippen LogP) is 2.23. The highest BCUT2D eigenvalue weighted by atomic mass is 32.1. The summed E-state index contributed by atoms with van der Waals surface area (Å²) in [5.41, 5.74) is 1.24. The van der Waals surface area contributed by atoms with E-state index in [4.69, 9.17) is 0 Å². The molecule has 3 heterocycles. The van der Waals surface area contributed by atoms with Crippen molar-refractivity contribution in [2.75, 3.05) is 0 Å². The Bertz CT molecular complexity index is 515. The van der Waals surface area contributed by atoms with Gasteiger partial charge in [-0.25, -0.2) is 4.98 Å². The van der Waals surface area contributed by atoms with Crippen molar-refractivity contribution in [1.29, 1.82) is 0 Å². The first-order chi connectivity index (χ1) is 7.74. The first-order valence-electron chi connectivity index (χ1n) is 5.53. The minimum absolute atomic E-state index is 0.221. The molecule has 1 N–H and O–H groups in total. The van der Waals surface area contributed by atoms with E-state index in [-0.39, 0.29) is 6.10 Å². The molecule has 0 saturated heterocycles. The molecule has 84 valence electrons. The van der Waals surface area contributed by atoms with E-state index in [0.29, 0.717) is 6.54 Å². The lowest BCUT2D eigenvalue weighted by atomic mass is 10.1. The SMILES string of the molecule is Cc1ccc(-c2ncc3n2CC(O)CC3)s1. The molecular weight excluding hydrogens is 220 g/mol. The molecule has 1 aliphatic rings. The minimum Gasteiger partial charge on any atom is -0.391 e. The minimum atomic E-state index is -0.221. The van der Waals surface area contributed by atoms with Crippen molar-refractivity contribution >= 4 is 11.3 Å². The second-order valence-corrected chi connectivity index (χ2v) is 5.57. The lowest BCUT2D eigenvalue weighted by molar-refractivity contribution is 0.132. The van der Waals surface area contributed by atoms with Crippen molar-refractivity contribution in [3.05, 3.63) is 28.9 Å². The highest BCUT2D eigenvalue weighted by Gasteiger charge is 2.20. The van der Waals surface area contributed by atoms with Gasteiger partial charge in [0.1, 0.15) is 5.82 Å². The number of aliphatic hydroxyl groups is 1. The average molecular weight is 234 g/mol. The number of aliphatic hydroxyl groups excluding tert-OH is 1. The van der Waals surface area contributed by atoms with Gasteiger partial charge >= 0.3 is 0 Å². The summed E-state index contributed by atoms with van der Waals surface area (Å²) in [6.45, 7) is 2.78. The Kier molecular flexibility index (Phi) is 2.33. The molecule has 16 heavy (non-hydrogen) atoms. The van der Waals surface area contributed by atoms with Crippen LogP contribution in [0.15, 0.2) is 18.3 Å². The Morgan fingerprint density at radius 3 is 3.12 bits per heavy atom. The van der Waals surface area contributed by atoms with Crippen LogP contribution in [-0.2, 0) is 13.0 Å². The maximum absolute atomic E-state index is 9.71. The molecule has 3 rings (SSSR count). The van der Waals surface area contributed by atoms with Gasteiger partial charge in [0.15, 0.2) is 0 Å². The van der Waals surface area contributed by atoms with E-state index >= 15 is 0 Å². The van der Waals surface area contributed by atoms with E-state index in [2.05, 4.69) is 28.6 Å². The number of thiophene rings is 1. The third kappa shape index (κ3) is 1.58. The van der Waals surface area contributed by atoms with E-state index in [1.165, 1.54) is 15.4 Å². The number of hydrogen-bond donors (Lipinski definition) is 1. The van der Waals surface area contributed by atoms with Crippen LogP contribution < -0.4 is 0 Å². The number of aryl methyl sites for hydroxylation is 2. The average Bonchev–Trinajstić information content (AvgIpc) is 2.83. The molecule has 2 aromatic heterocycles. The van der Waals surface area contributed by atoms with Crippen LogP contribution >= 0.6 is 11.3 Å². The molecule has 0 aromatic carbocycles. The third-order valence-electron chi connectivity index (χ3n) is 3.03. The quantitative estimate of drug-likeness (QED) is 0.821. The Balaban J connectivity index is 2.06. The van der Waals surface area contributed by atoms with Crippen LogP contribution in [0.25, 0.3) is 10.7 Å². The molecule has 3 nitrogen and oxygen atoms in total. The van der Waals surface area contributed by atoms with Crippen molar-refractivity contribution in [2.45, 2.75) is 32.4 Å². The number of fused-ring (bicyclic) bond motifs is 1. The molecule has 1 atom stereocenters. The topological polar surface area (TPSA) is 38.0 Å². The molecule has 4 heteroatoms. The molecule has 0 aliphatic carbocycles. The van der Waals surface area contributed by atoms with Gasteiger partial charge in [0, 0.05) is 16.8 Å². The number of rotatable bonds is 1. The Labute approximate surface area is 98.4 Å². The van der Waals surface area contributed by atoms with E-state index in [1.807, 2.05) is 6.20 Å². The van der Waals surface area contributed by atoms with Gasteiger partial charge in [0.05, 0.1) is 17.5 Å².